The molecule has 0 fully saturated rings. The van der Waals surface area contributed by atoms with Gasteiger partial charge in [0.2, 0.25) is 5.91 Å². The van der Waals surface area contributed by atoms with E-state index < -0.39 is 5.97 Å². The molecule has 0 aromatic heterocycles. The van der Waals surface area contributed by atoms with Crippen molar-refractivity contribution in [3.63, 3.8) is 0 Å². The van der Waals surface area contributed by atoms with Gasteiger partial charge < -0.3 is 15.4 Å². The van der Waals surface area contributed by atoms with Crippen LogP contribution >= 0.6 is 11.6 Å². The van der Waals surface area contributed by atoms with Gasteiger partial charge >= 0.3 is 5.97 Å². The first-order chi connectivity index (χ1) is 15.4. The van der Waals surface area contributed by atoms with Gasteiger partial charge in [0.1, 0.15) is 5.75 Å². The molecule has 0 atom stereocenters. The first-order valence-corrected chi connectivity index (χ1v) is 10.5. The largest absolute Gasteiger partial charge is 0.427 e. The van der Waals surface area contributed by atoms with Crippen LogP contribution in [-0.4, -0.2) is 17.8 Å². The summed E-state index contributed by atoms with van der Waals surface area (Å²) in [7, 11) is 0. The molecule has 164 valence electrons. The third-order valence-electron chi connectivity index (χ3n) is 4.56. The van der Waals surface area contributed by atoms with E-state index in [0.717, 1.165) is 11.1 Å². The topological polar surface area (TPSA) is 84.5 Å². The van der Waals surface area contributed by atoms with Crippen LogP contribution in [0, 0.1) is 0 Å². The molecule has 7 heteroatoms. The van der Waals surface area contributed by atoms with E-state index in [1.54, 1.807) is 42.5 Å². The third kappa shape index (κ3) is 7.25. The fourth-order valence-electron chi connectivity index (χ4n) is 3.07. The predicted octanol–water partition coefficient (Wildman–Crippen LogP) is 4.77. The molecule has 0 aliphatic rings. The lowest BCUT2D eigenvalue weighted by Crippen LogP contribution is -2.23. The third-order valence-corrected chi connectivity index (χ3v) is 4.80. The van der Waals surface area contributed by atoms with Crippen molar-refractivity contribution in [3.05, 3.63) is 94.5 Å². The summed E-state index contributed by atoms with van der Waals surface area (Å²) < 4.78 is 5.02. The average Bonchev–Trinajstić information content (AvgIpc) is 2.76. The summed E-state index contributed by atoms with van der Waals surface area (Å²) in [5.41, 5.74) is 2.82. The second-order valence-corrected chi connectivity index (χ2v) is 7.62. The Morgan fingerprint density at radius 3 is 2.44 bits per heavy atom. The van der Waals surface area contributed by atoms with Crippen LogP contribution in [0.15, 0.2) is 72.8 Å². The van der Waals surface area contributed by atoms with Crippen molar-refractivity contribution in [2.75, 3.05) is 5.32 Å². The van der Waals surface area contributed by atoms with Gasteiger partial charge in [-0.25, -0.2) is 0 Å². The van der Waals surface area contributed by atoms with Gasteiger partial charge in [-0.1, -0.05) is 41.9 Å². The molecule has 0 aliphatic carbocycles. The first-order valence-electron chi connectivity index (χ1n) is 10.1. The molecule has 3 aromatic rings. The van der Waals surface area contributed by atoms with Gasteiger partial charge in [-0.3, -0.25) is 14.4 Å². The Kier molecular flexibility index (Phi) is 8.00. The Hall–Kier alpha value is -3.64. The van der Waals surface area contributed by atoms with Crippen LogP contribution < -0.4 is 15.4 Å². The Morgan fingerprint density at radius 1 is 0.906 bits per heavy atom. The molecule has 2 N–H and O–H groups in total. The highest BCUT2D eigenvalue weighted by atomic mass is 35.5. The van der Waals surface area contributed by atoms with Crippen LogP contribution in [0.1, 0.15) is 34.8 Å². The maximum absolute atomic E-state index is 12.5. The zero-order valence-electron chi connectivity index (χ0n) is 17.6. The molecule has 0 heterocycles. The monoisotopic (exact) mass is 450 g/mol. The van der Waals surface area contributed by atoms with Crippen LogP contribution in [-0.2, 0) is 22.6 Å². The molecule has 0 saturated carbocycles. The lowest BCUT2D eigenvalue weighted by molar-refractivity contribution is -0.131. The lowest BCUT2D eigenvalue weighted by atomic mass is 10.1. The highest BCUT2D eigenvalue weighted by Gasteiger charge is 2.09. The van der Waals surface area contributed by atoms with E-state index in [4.69, 9.17) is 16.3 Å². The highest BCUT2D eigenvalue weighted by Crippen LogP contribution is 2.17. The summed E-state index contributed by atoms with van der Waals surface area (Å²) in [6.07, 6.45) is 0.963. The van der Waals surface area contributed by atoms with Gasteiger partial charge in [0.25, 0.3) is 5.91 Å². The molecule has 0 spiro atoms. The smallest absolute Gasteiger partial charge is 0.308 e. The van der Waals surface area contributed by atoms with E-state index in [0.29, 0.717) is 41.4 Å². The number of hydrogen-bond donors (Lipinski definition) is 2. The molecular weight excluding hydrogens is 428 g/mol. The minimum Gasteiger partial charge on any atom is -0.427 e. The van der Waals surface area contributed by atoms with E-state index in [2.05, 4.69) is 10.6 Å². The van der Waals surface area contributed by atoms with Crippen LogP contribution in [0.5, 0.6) is 5.75 Å². The molecular formula is C25H23ClN2O4. The predicted molar refractivity (Wildman–Crippen MR) is 124 cm³/mol. The number of rotatable bonds is 8. The van der Waals surface area contributed by atoms with E-state index in [1.165, 1.54) is 13.0 Å². The number of aryl methyl sites for hydroxylation is 1. The summed E-state index contributed by atoms with van der Waals surface area (Å²) >= 11 is 5.97. The van der Waals surface area contributed by atoms with Crippen LogP contribution in [0.4, 0.5) is 5.69 Å². The standard InChI is InChI=1S/C25H23ClN2O4/c1-17(29)32-23-10-4-7-20(15-23)25(31)28-22-9-3-6-19(14-22)16-27-24(30)12-11-18-5-2-8-21(26)13-18/h2-10,13-15H,11-12,16H2,1H3,(H,27,30)(H,28,31). The maximum atomic E-state index is 12.5. The van der Waals surface area contributed by atoms with Crippen LogP contribution in [0.2, 0.25) is 5.02 Å². The van der Waals surface area contributed by atoms with E-state index in [1.807, 2.05) is 24.3 Å². The van der Waals surface area contributed by atoms with Crippen LogP contribution in [0.3, 0.4) is 0 Å². The number of nitrogens with one attached hydrogen (secondary N) is 2. The second kappa shape index (κ2) is 11.1. The number of carbonyl (C=O) groups excluding carboxylic acids is 3. The van der Waals surface area contributed by atoms with Crippen molar-refractivity contribution in [1.82, 2.24) is 5.32 Å². The number of esters is 1. The fraction of sp³-hybridized carbons (Fsp3) is 0.160. The number of hydrogen-bond acceptors (Lipinski definition) is 4. The molecule has 0 bridgehead atoms. The molecule has 6 nitrogen and oxygen atoms in total. The Morgan fingerprint density at radius 2 is 1.66 bits per heavy atom. The minimum atomic E-state index is -0.454. The molecule has 32 heavy (non-hydrogen) atoms. The number of benzene rings is 3. The minimum absolute atomic E-state index is 0.0679. The molecule has 0 radical (unpaired) electrons. The second-order valence-electron chi connectivity index (χ2n) is 7.18. The van der Waals surface area contributed by atoms with Crippen molar-refractivity contribution in [3.8, 4) is 5.75 Å². The fourth-order valence-corrected chi connectivity index (χ4v) is 3.28. The number of amides is 2. The van der Waals surface area contributed by atoms with E-state index >= 15 is 0 Å². The number of anilines is 1. The number of ether oxygens (including phenoxy) is 1. The van der Waals surface area contributed by atoms with Crippen molar-refractivity contribution in [1.29, 1.82) is 0 Å². The van der Waals surface area contributed by atoms with Gasteiger partial charge in [0, 0.05) is 36.2 Å². The van der Waals surface area contributed by atoms with E-state index in [9.17, 15) is 14.4 Å². The van der Waals surface area contributed by atoms with Gasteiger partial charge in [0.15, 0.2) is 0 Å². The summed E-state index contributed by atoms with van der Waals surface area (Å²) in [6.45, 7) is 1.65. The Bertz CT molecular complexity index is 1130. The summed E-state index contributed by atoms with van der Waals surface area (Å²) in [5, 5.41) is 6.36. The lowest BCUT2D eigenvalue weighted by Gasteiger charge is -2.10. The van der Waals surface area contributed by atoms with Gasteiger partial charge in [-0.15, -0.1) is 0 Å². The molecule has 3 rings (SSSR count). The molecule has 2 amide bonds. The summed E-state index contributed by atoms with van der Waals surface area (Å²) in [5.74, 6) is -0.548. The normalized spacial score (nSPS) is 10.3. The molecule has 0 saturated heterocycles. The zero-order chi connectivity index (χ0) is 22.9. The highest BCUT2D eigenvalue weighted by molar-refractivity contribution is 6.30. The van der Waals surface area contributed by atoms with Crippen LogP contribution in [0.25, 0.3) is 0 Å². The molecule has 0 aliphatic heterocycles. The van der Waals surface area contributed by atoms with Gasteiger partial charge in [-0.2, -0.15) is 0 Å². The van der Waals surface area contributed by atoms with Crippen molar-refractivity contribution in [2.45, 2.75) is 26.3 Å². The zero-order valence-corrected chi connectivity index (χ0v) is 18.3. The SMILES string of the molecule is CC(=O)Oc1cccc(C(=O)Nc2cccc(CNC(=O)CCc3cccc(Cl)c3)c2)c1. The van der Waals surface area contributed by atoms with Gasteiger partial charge in [-0.05, 0) is 60.0 Å². The Balaban J connectivity index is 1.53. The Labute approximate surface area is 191 Å². The first kappa shape index (κ1) is 23.0. The van der Waals surface area contributed by atoms with Crippen molar-refractivity contribution >= 4 is 35.1 Å². The molecule has 0 unspecified atom stereocenters. The quantitative estimate of drug-likeness (QED) is 0.382. The molecule has 3 aromatic carbocycles. The van der Waals surface area contributed by atoms with E-state index in [-0.39, 0.29) is 11.8 Å². The maximum Gasteiger partial charge on any atom is 0.308 e. The number of carbonyl (C=O) groups is 3. The van der Waals surface area contributed by atoms with Gasteiger partial charge in [0.05, 0.1) is 0 Å². The van der Waals surface area contributed by atoms with Crippen molar-refractivity contribution < 1.29 is 19.1 Å². The average molecular weight is 451 g/mol. The number of halogens is 1. The van der Waals surface area contributed by atoms with Crippen molar-refractivity contribution in [2.24, 2.45) is 0 Å². The summed E-state index contributed by atoms with van der Waals surface area (Å²) in [4.78, 5) is 35.8. The summed E-state index contributed by atoms with van der Waals surface area (Å²) in [6, 6.07) is 21.1.